The number of rotatable bonds is 5. The molecule has 2 aromatic heterocycles. The second-order valence-corrected chi connectivity index (χ2v) is 7.47. The van der Waals surface area contributed by atoms with Gasteiger partial charge in [0.05, 0.1) is 19.0 Å². The summed E-state index contributed by atoms with van der Waals surface area (Å²) in [6.07, 6.45) is 4.88. The summed E-state index contributed by atoms with van der Waals surface area (Å²) < 4.78 is 34.4. The van der Waals surface area contributed by atoms with Gasteiger partial charge >= 0.3 is 0 Å². The molecule has 130 valence electrons. The van der Waals surface area contributed by atoms with Crippen molar-refractivity contribution in [3.8, 4) is 17.0 Å². The lowest BCUT2D eigenvalue weighted by Gasteiger charge is -2.10. The molecule has 1 N–H and O–H groups in total. The largest absolute Gasteiger partial charge is 0.495 e. The van der Waals surface area contributed by atoms with E-state index in [4.69, 9.17) is 4.74 Å². The zero-order chi connectivity index (χ0) is 18.0. The number of benzene rings is 1. The van der Waals surface area contributed by atoms with Crippen molar-refractivity contribution in [3.63, 3.8) is 0 Å². The van der Waals surface area contributed by atoms with Crippen molar-refractivity contribution in [2.45, 2.75) is 11.8 Å². The quantitative estimate of drug-likeness (QED) is 0.761. The first kappa shape index (κ1) is 17.0. The van der Waals surface area contributed by atoms with Crippen LogP contribution in [0.5, 0.6) is 5.75 Å². The zero-order valence-corrected chi connectivity index (χ0v) is 15.0. The summed E-state index contributed by atoms with van der Waals surface area (Å²) in [4.78, 5) is 4.58. The third kappa shape index (κ3) is 3.83. The van der Waals surface area contributed by atoms with Crippen LogP contribution < -0.4 is 9.46 Å². The highest BCUT2D eigenvalue weighted by Gasteiger charge is 2.16. The molecule has 2 heterocycles. The number of sulfonamides is 1. The molecule has 0 aliphatic carbocycles. The summed E-state index contributed by atoms with van der Waals surface area (Å²) in [5.74, 6) is 0.668. The Bertz CT molecular complexity index is 993. The summed E-state index contributed by atoms with van der Waals surface area (Å²) >= 11 is 0. The minimum absolute atomic E-state index is 0.223. The first-order valence-electron chi connectivity index (χ1n) is 7.64. The van der Waals surface area contributed by atoms with E-state index in [1.54, 1.807) is 55.5 Å². The lowest BCUT2D eigenvalue weighted by molar-refractivity contribution is 0.413. The molecule has 0 radical (unpaired) electrons. The van der Waals surface area contributed by atoms with Crippen LogP contribution in [0.15, 0.2) is 59.9 Å². The van der Waals surface area contributed by atoms with E-state index in [2.05, 4.69) is 9.71 Å². The van der Waals surface area contributed by atoms with E-state index in [0.717, 1.165) is 16.8 Å². The Labute approximate surface area is 147 Å². The SMILES string of the molecule is COc1ccc(-c2cc(C)cc(NS(=O)(=O)c3ccn(C)c3)c2)nc1. The van der Waals surface area contributed by atoms with Crippen LogP contribution in [0.25, 0.3) is 11.3 Å². The van der Waals surface area contributed by atoms with Crippen LogP contribution in [0.4, 0.5) is 5.69 Å². The van der Waals surface area contributed by atoms with E-state index >= 15 is 0 Å². The molecule has 0 aliphatic heterocycles. The van der Waals surface area contributed by atoms with Crippen LogP contribution in [0, 0.1) is 6.92 Å². The summed E-state index contributed by atoms with van der Waals surface area (Å²) in [5, 5.41) is 0. The van der Waals surface area contributed by atoms with Crippen molar-refractivity contribution in [2.24, 2.45) is 7.05 Å². The molecule has 0 spiro atoms. The Kier molecular flexibility index (Phi) is 4.50. The Morgan fingerprint density at radius 2 is 1.96 bits per heavy atom. The number of aromatic nitrogens is 2. The fourth-order valence-electron chi connectivity index (χ4n) is 2.51. The van der Waals surface area contributed by atoms with Crippen molar-refractivity contribution in [1.82, 2.24) is 9.55 Å². The van der Waals surface area contributed by atoms with Crippen molar-refractivity contribution >= 4 is 15.7 Å². The summed E-state index contributed by atoms with van der Waals surface area (Å²) in [6.45, 7) is 1.91. The van der Waals surface area contributed by atoms with Gasteiger partial charge < -0.3 is 9.30 Å². The van der Waals surface area contributed by atoms with E-state index < -0.39 is 10.0 Å². The summed E-state index contributed by atoms with van der Waals surface area (Å²) in [7, 11) is -0.270. The van der Waals surface area contributed by atoms with Gasteiger partial charge in [-0.15, -0.1) is 0 Å². The summed E-state index contributed by atoms with van der Waals surface area (Å²) in [6, 6.07) is 10.7. The number of aryl methyl sites for hydroxylation is 2. The first-order chi connectivity index (χ1) is 11.9. The molecule has 0 unspecified atom stereocenters. The van der Waals surface area contributed by atoms with E-state index in [1.165, 1.54) is 0 Å². The molecule has 1 aromatic carbocycles. The Morgan fingerprint density at radius 3 is 2.56 bits per heavy atom. The van der Waals surface area contributed by atoms with E-state index in [0.29, 0.717) is 11.4 Å². The van der Waals surface area contributed by atoms with E-state index in [-0.39, 0.29) is 4.90 Å². The summed E-state index contributed by atoms with van der Waals surface area (Å²) in [5.41, 5.74) is 3.00. The number of nitrogens with one attached hydrogen (secondary N) is 1. The maximum absolute atomic E-state index is 12.5. The van der Waals surface area contributed by atoms with Crippen molar-refractivity contribution < 1.29 is 13.2 Å². The average molecular weight is 357 g/mol. The molecule has 0 atom stereocenters. The van der Waals surface area contributed by atoms with Gasteiger partial charge in [-0.1, -0.05) is 0 Å². The van der Waals surface area contributed by atoms with Crippen LogP contribution in [0.2, 0.25) is 0 Å². The standard InChI is InChI=1S/C18H19N3O3S/c1-13-8-14(18-5-4-16(24-3)11-19-18)10-15(9-13)20-25(22,23)17-6-7-21(2)12-17/h4-12,20H,1-3H3. The van der Waals surface area contributed by atoms with Gasteiger partial charge in [0, 0.05) is 30.7 Å². The number of ether oxygens (including phenoxy) is 1. The Balaban J connectivity index is 1.93. The van der Waals surface area contributed by atoms with Gasteiger partial charge in [-0.25, -0.2) is 8.42 Å². The lowest BCUT2D eigenvalue weighted by Crippen LogP contribution is -2.12. The second-order valence-electron chi connectivity index (χ2n) is 5.79. The molecule has 0 aliphatic rings. The number of hydrogen-bond acceptors (Lipinski definition) is 4. The molecule has 25 heavy (non-hydrogen) atoms. The molecule has 0 bridgehead atoms. The first-order valence-corrected chi connectivity index (χ1v) is 9.12. The topological polar surface area (TPSA) is 73.2 Å². The highest BCUT2D eigenvalue weighted by Crippen LogP contribution is 2.26. The Morgan fingerprint density at radius 1 is 1.16 bits per heavy atom. The molecule has 3 aromatic rings. The molecule has 0 saturated heterocycles. The fraction of sp³-hybridized carbons (Fsp3) is 0.167. The molecule has 0 fully saturated rings. The maximum Gasteiger partial charge on any atom is 0.263 e. The van der Waals surface area contributed by atoms with Crippen molar-refractivity contribution in [3.05, 3.63) is 60.6 Å². The predicted octanol–water partition coefficient (Wildman–Crippen LogP) is 3.20. The predicted molar refractivity (Wildman–Crippen MR) is 97.2 cm³/mol. The van der Waals surface area contributed by atoms with Crippen LogP contribution in [-0.2, 0) is 17.1 Å². The Hall–Kier alpha value is -2.80. The molecular formula is C18H19N3O3S. The van der Waals surface area contributed by atoms with Gasteiger partial charge in [0.25, 0.3) is 10.0 Å². The van der Waals surface area contributed by atoms with Gasteiger partial charge in [-0.05, 0) is 48.9 Å². The molecular weight excluding hydrogens is 338 g/mol. The number of nitrogens with zero attached hydrogens (tertiary/aromatic N) is 2. The number of methoxy groups -OCH3 is 1. The second kappa shape index (κ2) is 6.60. The third-order valence-corrected chi connectivity index (χ3v) is 5.08. The van der Waals surface area contributed by atoms with Gasteiger partial charge in [0.15, 0.2) is 0 Å². The minimum atomic E-state index is -3.63. The fourth-order valence-corrected chi connectivity index (χ4v) is 3.60. The van der Waals surface area contributed by atoms with Crippen molar-refractivity contribution in [2.75, 3.05) is 11.8 Å². The average Bonchev–Trinajstić information content (AvgIpc) is 3.01. The van der Waals surface area contributed by atoms with E-state index in [1.807, 2.05) is 25.1 Å². The number of anilines is 1. The molecule has 3 rings (SSSR count). The highest BCUT2D eigenvalue weighted by atomic mass is 32.2. The normalized spacial score (nSPS) is 11.3. The number of hydrogen-bond donors (Lipinski definition) is 1. The van der Waals surface area contributed by atoms with Crippen molar-refractivity contribution in [1.29, 1.82) is 0 Å². The van der Waals surface area contributed by atoms with Gasteiger partial charge in [-0.2, -0.15) is 0 Å². The molecule has 0 saturated carbocycles. The maximum atomic E-state index is 12.5. The molecule has 0 amide bonds. The van der Waals surface area contributed by atoms with Crippen LogP contribution >= 0.6 is 0 Å². The van der Waals surface area contributed by atoms with Crippen LogP contribution in [0.1, 0.15) is 5.56 Å². The molecule has 6 nitrogen and oxygen atoms in total. The minimum Gasteiger partial charge on any atom is -0.495 e. The van der Waals surface area contributed by atoms with Gasteiger partial charge in [0.2, 0.25) is 0 Å². The van der Waals surface area contributed by atoms with Gasteiger partial charge in [0.1, 0.15) is 10.6 Å². The van der Waals surface area contributed by atoms with Crippen LogP contribution in [0.3, 0.4) is 0 Å². The zero-order valence-electron chi connectivity index (χ0n) is 14.2. The number of pyridine rings is 1. The molecule has 7 heteroatoms. The highest BCUT2D eigenvalue weighted by molar-refractivity contribution is 7.92. The third-order valence-electron chi connectivity index (χ3n) is 3.71. The van der Waals surface area contributed by atoms with Gasteiger partial charge in [-0.3, -0.25) is 9.71 Å². The van der Waals surface area contributed by atoms with Crippen LogP contribution in [-0.4, -0.2) is 25.1 Å². The lowest BCUT2D eigenvalue weighted by atomic mass is 10.1. The smallest absolute Gasteiger partial charge is 0.263 e. The van der Waals surface area contributed by atoms with E-state index in [9.17, 15) is 8.42 Å². The monoisotopic (exact) mass is 357 g/mol.